The predicted octanol–water partition coefficient (Wildman–Crippen LogP) is 1.34. The van der Waals surface area contributed by atoms with Crippen LogP contribution >= 0.6 is 0 Å². The quantitative estimate of drug-likeness (QED) is 0.337. The summed E-state index contributed by atoms with van der Waals surface area (Å²) in [7, 11) is 2.81. The Kier molecular flexibility index (Phi) is 6.00. The van der Waals surface area contributed by atoms with Crippen LogP contribution in [0, 0.1) is 11.8 Å². The fourth-order valence-electron chi connectivity index (χ4n) is 6.61. The molecule has 0 spiro atoms. The molecule has 5 aliphatic rings. The number of fused-ring (bicyclic) bond motifs is 4. The Hall–Kier alpha value is -3.33. The third-order valence-corrected chi connectivity index (χ3v) is 8.59. The second-order valence-electron chi connectivity index (χ2n) is 10.8. The van der Waals surface area contributed by atoms with E-state index in [0.717, 1.165) is 0 Å². The van der Waals surface area contributed by atoms with Crippen molar-refractivity contribution in [3.05, 3.63) is 41.0 Å². The van der Waals surface area contributed by atoms with Gasteiger partial charge in [0, 0.05) is 15.9 Å². The van der Waals surface area contributed by atoms with E-state index in [4.69, 9.17) is 46.7 Å². The molecule has 10 atom stereocenters. The molecule has 0 radical (unpaired) electrons. The highest BCUT2D eigenvalue weighted by atomic mass is 16.8. The van der Waals surface area contributed by atoms with Crippen LogP contribution in [0.15, 0.2) is 24.3 Å². The zero-order chi connectivity index (χ0) is 31.8. The molecule has 0 aromatic heterocycles. The van der Waals surface area contributed by atoms with Gasteiger partial charge in [-0.2, -0.15) is 0 Å². The molecule has 13 nitrogen and oxygen atoms in total. The number of aliphatic hydroxyl groups excluding tert-OH is 2. The lowest BCUT2D eigenvalue weighted by Gasteiger charge is -2.47. The maximum absolute atomic E-state index is 13.4. The van der Waals surface area contributed by atoms with Crippen LogP contribution in [0.25, 0.3) is 0 Å². The molecule has 3 fully saturated rings. The zero-order valence-corrected chi connectivity index (χ0v) is 22.6. The van der Waals surface area contributed by atoms with E-state index < -0.39 is 73.7 Å². The van der Waals surface area contributed by atoms with Gasteiger partial charge in [-0.3, -0.25) is 4.79 Å². The SMILES string of the molecule is [2H][13C]([2H])([2H])C1OC[C@H]2OC(O[C@@H]3c4cc5c(cc4[C@@H](c4cc(OC)c(O)c(OC)c4)[C@H]4C(=O)OC[C@@H]43)OCO5)[C@H](O)[C@@H](O)[C@@H]2O1. The highest BCUT2D eigenvalue weighted by molar-refractivity contribution is 5.79. The minimum atomic E-state index is -2.60. The standard InChI is InChI=1S/C29H32O13/c1-11-36-9-20-27(40-11)24(31)25(32)29(41-20)42-26-14-7-17-16(38-10-39-17)6-13(14)21(22-15(26)8-37-28(22)33)12-4-18(34-2)23(30)19(5-12)35-3/h4-7,11,15,20-22,24-27,29-32H,8-10H2,1-3H3/t11?,15-,20+,21+,22-,24+,25+,26+,27+,29?/m0/s1/i1+1D3. The molecule has 0 saturated carbocycles. The number of rotatable bonds is 5. The first-order valence-corrected chi connectivity index (χ1v) is 13.5. The van der Waals surface area contributed by atoms with Gasteiger partial charge < -0.3 is 58.0 Å². The molecule has 2 aromatic carbocycles. The number of carbonyl (C=O) groups is 1. The summed E-state index contributed by atoms with van der Waals surface area (Å²) in [5.41, 5.74) is 1.83. The summed E-state index contributed by atoms with van der Waals surface area (Å²) in [4.78, 5) is 13.4. The van der Waals surface area contributed by atoms with E-state index in [9.17, 15) is 20.1 Å². The Morgan fingerprint density at radius 3 is 2.33 bits per heavy atom. The monoisotopic (exact) mass is 592 g/mol. The highest BCUT2D eigenvalue weighted by Gasteiger charge is 2.56. The van der Waals surface area contributed by atoms with Crippen LogP contribution in [-0.4, -0.2) is 92.5 Å². The van der Waals surface area contributed by atoms with E-state index in [1.807, 2.05) is 0 Å². The molecule has 7 rings (SSSR count). The lowest BCUT2D eigenvalue weighted by molar-refractivity contribution is -0.364. The number of aliphatic hydroxyl groups is 2. The summed E-state index contributed by atoms with van der Waals surface area (Å²) in [6.07, 6.45) is -9.24. The average molecular weight is 593 g/mol. The molecule has 226 valence electrons. The second-order valence-corrected chi connectivity index (χ2v) is 10.8. The minimum absolute atomic E-state index is 0.0128. The van der Waals surface area contributed by atoms with Gasteiger partial charge in [0.1, 0.15) is 24.4 Å². The molecular formula is C29H32O13. The molecule has 0 amide bonds. The average Bonchev–Trinajstić information content (AvgIpc) is 3.64. The topological polar surface area (TPSA) is 161 Å². The molecular weight excluding hydrogens is 557 g/mol. The van der Waals surface area contributed by atoms with Crippen LogP contribution in [0.4, 0.5) is 0 Å². The van der Waals surface area contributed by atoms with Crippen LogP contribution in [-0.2, 0) is 28.5 Å². The van der Waals surface area contributed by atoms with Crippen LogP contribution in [0.3, 0.4) is 0 Å². The number of phenols is 1. The van der Waals surface area contributed by atoms with Gasteiger partial charge in [0.25, 0.3) is 0 Å². The van der Waals surface area contributed by atoms with Crippen LogP contribution in [0.5, 0.6) is 28.7 Å². The molecule has 2 unspecified atom stereocenters. The first-order chi connectivity index (χ1) is 21.5. The molecule has 4 heterocycles. The number of benzene rings is 2. The van der Waals surface area contributed by atoms with Crippen molar-refractivity contribution < 1.29 is 66.9 Å². The number of hydrogen-bond donors (Lipinski definition) is 3. The zero-order valence-electron chi connectivity index (χ0n) is 25.6. The lowest BCUT2D eigenvalue weighted by atomic mass is 9.66. The maximum atomic E-state index is 13.4. The molecule has 3 N–H and O–H groups in total. The summed E-state index contributed by atoms with van der Waals surface area (Å²) in [6, 6.07) is 6.75. The largest absolute Gasteiger partial charge is 0.502 e. The fourth-order valence-corrected chi connectivity index (χ4v) is 6.61. The summed E-state index contributed by atoms with van der Waals surface area (Å²) in [5, 5.41) is 32.7. The first-order valence-electron chi connectivity index (χ1n) is 15.0. The van der Waals surface area contributed by atoms with Gasteiger partial charge in [-0.15, -0.1) is 0 Å². The van der Waals surface area contributed by atoms with Crippen LogP contribution < -0.4 is 18.9 Å². The van der Waals surface area contributed by atoms with Crippen molar-refractivity contribution in [1.82, 2.24) is 0 Å². The second kappa shape index (κ2) is 10.4. The van der Waals surface area contributed by atoms with E-state index in [1.165, 1.54) is 14.2 Å². The van der Waals surface area contributed by atoms with Crippen LogP contribution in [0.2, 0.25) is 0 Å². The van der Waals surface area contributed by atoms with Gasteiger partial charge in [0.05, 0.1) is 39.5 Å². The fraction of sp³-hybridized carbons (Fsp3) is 0.552. The van der Waals surface area contributed by atoms with Gasteiger partial charge in [0.2, 0.25) is 12.5 Å². The van der Waals surface area contributed by atoms with Gasteiger partial charge in [-0.1, -0.05) is 0 Å². The van der Waals surface area contributed by atoms with E-state index in [2.05, 4.69) is 0 Å². The van der Waals surface area contributed by atoms with Gasteiger partial charge >= 0.3 is 5.97 Å². The Morgan fingerprint density at radius 2 is 1.64 bits per heavy atom. The smallest absolute Gasteiger partial charge is 0.310 e. The molecule has 13 heteroatoms. The van der Waals surface area contributed by atoms with Crippen molar-refractivity contribution in [3.8, 4) is 28.7 Å². The van der Waals surface area contributed by atoms with E-state index in [-0.39, 0.29) is 37.3 Å². The van der Waals surface area contributed by atoms with Crippen molar-refractivity contribution >= 4 is 5.97 Å². The summed E-state index contributed by atoms with van der Waals surface area (Å²) in [6.45, 7) is -2.86. The Morgan fingerprint density at radius 1 is 0.929 bits per heavy atom. The van der Waals surface area contributed by atoms with E-state index in [0.29, 0.717) is 28.2 Å². The Balaban J connectivity index is 1.27. The molecule has 3 saturated heterocycles. The number of cyclic esters (lactones) is 1. The number of methoxy groups -OCH3 is 2. The Labute approximate surface area is 244 Å². The van der Waals surface area contributed by atoms with E-state index >= 15 is 0 Å². The van der Waals surface area contributed by atoms with Crippen molar-refractivity contribution in [1.29, 1.82) is 0 Å². The number of phenolic OH excluding ortho intramolecular Hbond substituents is 1. The van der Waals surface area contributed by atoms with Gasteiger partial charge in [0.15, 0.2) is 35.6 Å². The van der Waals surface area contributed by atoms with Gasteiger partial charge in [-0.25, -0.2) is 0 Å². The summed E-state index contributed by atoms with van der Waals surface area (Å²) >= 11 is 0. The molecule has 0 bridgehead atoms. The summed E-state index contributed by atoms with van der Waals surface area (Å²) in [5.74, 6) is -1.50. The summed E-state index contributed by atoms with van der Waals surface area (Å²) < 4.78 is 73.7. The highest BCUT2D eigenvalue weighted by Crippen LogP contribution is 2.57. The molecule has 42 heavy (non-hydrogen) atoms. The van der Waals surface area contributed by atoms with Crippen molar-refractivity contribution in [2.45, 2.75) is 55.9 Å². The maximum Gasteiger partial charge on any atom is 0.310 e. The minimum Gasteiger partial charge on any atom is -0.502 e. The van der Waals surface area contributed by atoms with E-state index in [1.54, 1.807) is 24.3 Å². The number of hydrogen-bond acceptors (Lipinski definition) is 13. The van der Waals surface area contributed by atoms with Crippen molar-refractivity contribution in [2.75, 3.05) is 34.2 Å². The normalized spacial score (nSPS) is 37.8. The molecule has 1 aliphatic carbocycles. The molecule has 4 aliphatic heterocycles. The predicted molar refractivity (Wildman–Crippen MR) is 138 cm³/mol. The number of ether oxygens (including phenoxy) is 9. The number of aromatic hydroxyl groups is 1. The number of carbonyl (C=O) groups excluding carboxylic acids is 1. The van der Waals surface area contributed by atoms with Gasteiger partial charge in [-0.05, 0) is 47.8 Å². The third kappa shape index (κ3) is 4.26. The molecule has 2 aromatic rings. The first kappa shape index (κ1) is 24.1. The Bertz CT molecular complexity index is 1460. The van der Waals surface area contributed by atoms with Crippen LogP contribution in [0.1, 0.15) is 39.7 Å². The number of esters is 1. The lowest BCUT2D eigenvalue weighted by Crippen LogP contribution is -2.63. The third-order valence-electron chi connectivity index (χ3n) is 8.59. The van der Waals surface area contributed by atoms with Crippen molar-refractivity contribution in [3.63, 3.8) is 0 Å². The van der Waals surface area contributed by atoms with Crippen molar-refractivity contribution in [2.24, 2.45) is 11.8 Å².